The van der Waals surface area contributed by atoms with Crippen LogP contribution in [0.4, 0.5) is 0 Å². The number of rotatable bonds is 6. The fraction of sp³-hybridized carbons (Fsp3) is 1.00. The molecule has 1 N–H and O–H groups in total. The van der Waals surface area contributed by atoms with Crippen LogP contribution in [-0.2, 0) is 4.74 Å². The number of halogens is 1. The molecule has 2 saturated carbocycles. The number of aliphatic hydroxyl groups is 1. The smallest absolute Gasteiger partial charge is 0.0739 e. The summed E-state index contributed by atoms with van der Waals surface area (Å²) in [5, 5.41) is 10.8. The van der Waals surface area contributed by atoms with Crippen LogP contribution in [-0.4, -0.2) is 53.8 Å². The quantitative estimate of drug-likeness (QED) is 0.744. The van der Waals surface area contributed by atoms with Crippen LogP contribution in [0.5, 0.6) is 0 Å². The van der Waals surface area contributed by atoms with Crippen molar-refractivity contribution in [2.45, 2.75) is 81.8 Å². The molecule has 0 amide bonds. The molecule has 3 fully saturated rings. The lowest BCUT2D eigenvalue weighted by atomic mass is 9.75. The maximum atomic E-state index is 10.7. The number of nitrogens with zero attached hydrogens (tertiary/aromatic N) is 1. The van der Waals surface area contributed by atoms with Crippen molar-refractivity contribution in [1.29, 1.82) is 0 Å². The zero-order valence-corrected chi connectivity index (χ0v) is 15.2. The number of hydrogen-bond acceptors (Lipinski definition) is 3. The molecule has 4 atom stereocenters. The maximum absolute atomic E-state index is 10.7. The van der Waals surface area contributed by atoms with Crippen molar-refractivity contribution in [3.05, 3.63) is 0 Å². The highest BCUT2D eigenvalue weighted by atomic mass is 35.5. The van der Waals surface area contributed by atoms with Crippen LogP contribution in [0.3, 0.4) is 0 Å². The van der Waals surface area contributed by atoms with Crippen molar-refractivity contribution >= 4 is 11.6 Å². The largest absolute Gasteiger partial charge is 0.393 e. The summed E-state index contributed by atoms with van der Waals surface area (Å²) in [5.74, 6) is 0.907. The summed E-state index contributed by atoms with van der Waals surface area (Å²) in [5.41, 5.74) is 0. The second-order valence-electron chi connectivity index (χ2n) is 7.94. The Hall–Kier alpha value is 0.170. The zero-order chi connectivity index (χ0) is 16.1. The second kappa shape index (κ2) is 9.03. The molecule has 2 aliphatic carbocycles. The fourth-order valence-corrected chi connectivity index (χ4v) is 5.24. The van der Waals surface area contributed by atoms with E-state index in [-0.39, 0.29) is 17.6 Å². The van der Waals surface area contributed by atoms with Gasteiger partial charge >= 0.3 is 0 Å². The average Bonchev–Trinajstić information content (AvgIpc) is 3.10. The zero-order valence-electron chi connectivity index (χ0n) is 14.5. The monoisotopic (exact) mass is 343 g/mol. The predicted molar refractivity (Wildman–Crippen MR) is 95.0 cm³/mol. The van der Waals surface area contributed by atoms with Crippen LogP contribution in [0, 0.1) is 11.8 Å². The van der Waals surface area contributed by atoms with Crippen LogP contribution in [0.1, 0.15) is 64.2 Å². The van der Waals surface area contributed by atoms with Crippen LogP contribution < -0.4 is 0 Å². The van der Waals surface area contributed by atoms with Crippen molar-refractivity contribution in [2.75, 3.05) is 26.2 Å². The highest BCUT2D eigenvalue weighted by Gasteiger charge is 2.36. The third kappa shape index (κ3) is 5.07. The van der Waals surface area contributed by atoms with E-state index < -0.39 is 0 Å². The molecule has 3 aliphatic rings. The standard InChI is InChI=1S/C19H34ClNO2/c20-17-14-16(19(22)15-6-2-1-3-7-15)8-9-18(17)23-13-12-21-10-4-5-11-21/h15-19,22H,1-14H2. The molecular formula is C19H34ClNO2. The van der Waals surface area contributed by atoms with Gasteiger partial charge in [-0.1, -0.05) is 19.3 Å². The van der Waals surface area contributed by atoms with E-state index >= 15 is 0 Å². The molecule has 0 spiro atoms. The SMILES string of the molecule is OC(C1CCCCC1)C1CCC(OCCN2CCCC2)C(Cl)C1. The highest BCUT2D eigenvalue weighted by molar-refractivity contribution is 6.21. The van der Waals surface area contributed by atoms with Gasteiger partial charge in [-0.2, -0.15) is 0 Å². The molecule has 134 valence electrons. The van der Waals surface area contributed by atoms with Crippen LogP contribution >= 0.6 is 11.6 Å². The predicted octanol–water partition coefficient (Wildman–Crippen LogP) is 3.82. The lowest BCUT2D eigenvalue weighted by molar-refractivity contribution is -0.0265. The Labute approximate surface area is 146 Å². The minimum Gasteiger partial charge on any atom is -0.393 e. The molecule has 0 bridgehead atoms. The summed E-state index contributed by atoms with van der Waals surface area (Å²) in [6.07, 6.45) is 12.1. The van der Waals surface area contributed by atoms with Gasteiger partial charge in [0.15, 0.2) is 0 Å². The first-order valence-electron chi connectivity index (χ1n) is 9.90. The molecule has 0 aromatic rings. The summed E-state index contributed by atoms with van der Waals surface area (Å²) >= 11 is 6.61. The lowest BCUT2D eigenvalue weighted by Gasteiger charge is -2.38. The first kappa shape index (κ1) is 18.0. The molecule has 3 rings (SSSR count). The number of likely N-dealkylation sites (tertiary alicyclic amines) is 1. The van der Waals surface area contributed by atoms with Gasteiger partial charge in [-0.15, -0.1) is 11.6 Å². The van der Waals surface area contributed by atoms with Gasteiger partial charge in [-0.25, -0.2) is 0 Å². The van der Waals surface area contributed by atoms with Crippen molar-refractivity contribution in [3.8, 4) is 0 Å². The molecule has 1 aliphatic heterocycles. The second-order valence-corrected chi connectivity index (χ2v) is 8.50. The summed E-state index contributed by atoms with van der Waals surface area (Å²) in [6.45, 7) is 4.32. The van der Waals surface area contributed by atoms with E-state index in [1.165, 1.54) is 58.0 Å². The van der Waals surface area contributed by atoms with Crippen LogP contribution in [0.25, 0.3) is 0 Å². The topological polar surface area (TPSA) is 32.7 Å². The van der Waals surface area contributed by atoms with E-state index in [9.17, 15) is 5.11 Å². The third-order valence-electron chi connectivity index (χ3n) is 6.31. The molecule has 4 unspecified atom stereocenters. The van der Waals surface area contributed by atoms with Gasteiger partial charge in [0.1, 0.15) is 0 Å². The van der Waals surface area contributed by atoms with E-state index in [2.05, 4.69) is 4.90 Å². The van der Waals surface area contributed by atoms with E-state index in [1.807, 2.05) is 0 Å². The average molecular weight is 344 g/mol. The summed E-state index contributed by atoms with van der Waals surface area (Å²) < 4.78 is 6.08. The lowest BCUT2D eigenvalue weighted by Crippen LogP contribution is -2.40. The Bertz CT molecular complexity index is 342. The highest BCUT2D eigenvalue weighted by Crippen LogP contribution is 2.38. The number of hydrogen-bond donors (Lipinski definition) is 1. The first-order valence-corrected chi connectivity index (χ1v) is 10.3. The van der Waals surface area contributed by atoms with Gasteiger partial charge < -0.3 is 14.7 Å². The Morgan fingerprint density at radius 2 is 1.70 bits per heavy atom. The Morgan fingerprint density at radius 1 is 0.957 bits per heavy atom. The molecule has 0 radical (unpaired) electrons. The molecule has 1 saturated heterocycles. The van der Waals surface area contributed by atoms with Gasteiger partial charge in [0.2, 0.25) is 0 Å². The molecule has 1 heterocycles. The number of aliphatic hydroxyl groups excluding tert-OH is 1. The van der Waals surface area contributed by atoms with E-state index in [1.54, 1.807) is 0 Å². The van der Waals surface area contributed by atoms with Gasteiger partial charge in [-0.3, -0.25) is 0 Å². The summed E-state index contributed by atoms with van der Waals surface area (Å²) in [7, 11) is 0. The molecule has 0 aromatic heterocycles. The molecular weight excluding hydrogens is 310 g/mol. The van der Waals surface area contributed by atoms with Crippen LogP contribution in [0.2, 0.25) is 0 Å². The minimum absolute atomic E-state index is 0.0746. The fourth-order valence-electron chi connectivity index (χ4n) is 4.82. The number of ether oxygens (including phenoxy) is 1. The Balaban J connectivity index is 1.37. The van der Waals surface area contributed by atoms with E-state index in [0.29, 0.717) is 11.8 Å². The molecule has 3 nitrogen and oxygen atoms in total. The Kier molecular flexibility index (Phi) is 7.06. The molecule has 0 aromatic carbocycles. The van der Waals surface area contributed by atoms with Gasteiger partial charge in [0.25, 0.3) is 0 Å². The normalized spacial score (nSPS) is 35.5. The molecule has 4 heteroatoms. The Morgan fingerprint density at radius 3 is 2.39 bits per heavy atom. The van der Waals surface area contributed by atoms with E-state index in [4.69, 9.17) is 16.3 Å². The first-order chi connectivity index (χ1) is 11.2. The summed E-state index contributed by atoms with van der Waals surface area (Å²) in [4.78, 5) is 2.49. The summed E-state index contributed by atoms with van der Waals surface area (Å²) in [6, 6.07) is 0. The van der Waals surface area contributed by atoms with Gasteiger partial charge in [-0.05, 0) is 69.9 Å². The van der Waals surface area contributed by atoms with Crippen LogP contribution in [0.15, 0.2) is 0 Å². The van der Waals surface area contributed by atoms with Gasteiger partial charge in [0.05, 0.1) is 24.2 Å². The van der Waals surface area contributed by atoms with Crippen molar-refractivity contribution in [2.24, 2.45) is 11.8 Å². The van der Waals surface area contributed by atoms with Crippen molar-refractivity contribution in [3.63, 3.8) is 0 Å². The molecule has 23 heavy (non-hydrogen) atoms. The van der Waals surface area contributed by atoms with E-state index in [0.717, 1.165) is 32.4 Å². The minimum atomic E-state index is -0.137. The van der Waals surface area contributed by atoms with Crippen molar-refractivity contribution in [1.82, 2.24) is 4.90 Å². The third-order valence-corrected chi connectivity index (χ3v) is 6.77. The maximum Gasteiger partial charge on any atom is 0.0739 e. The number of alkyl halides is 1. The van der Waals surface area contributed by atoms with Crippen molar-refractivity contribution < 1.29 is 9.84 Å². The van der Waals surface area contributed by atoms with Gasteiger partial charge in [0, 0.05) is 6.54 Å².